The van der Waals surface area contributed by atoms with Crippen LogP contribution < -0.4 is 4.74 Å². The second-order valence-corrected chi connectivity index (χ2v) is 4.20. The van der Waals surface area contributed by atoms with E-state index in [9.17, 15) is 26.7 Å². The first-order valence-corrected chi connectivity index (χ1v) is 6.49. The average Bonchev–Trinajstić information content (AvgIpc) is 2.35. The van der Waals surface area contributed by atoms with E-state index in [-0.39, 0.29) is 18.2 Å². The summed E-state index contributed by atoms with van der Waals surface area (Å²) in [5.74, 6) is -2.37. The van der Waals surface area contributed by atoms with Crippen LogP contribution in [0.25, 0.3) is 0 Å². The molecule has 0 atom stereocenters. The Morgan fingerprint density at radius 1 is 1.41 bits per heavy atom. The van der Waals surface area contributed by atoms with Gasteiger partial charge >= 0.3 is 12.3 Å². The number of nitrogens with zero attached hydrogens (tertiary/aromatic N) is 1. The Morgan fingerprint density at radius 2 is 2.05 bits per heavy atom. The van der Waals surface area contributed by atoms with Crippen molar-refractivity contribution >= 4 is 17.6 Å². The largest absolute Gasteiger partial charge is 0.573 e. The van der Waals surface area contributed by atoms with Crippen LogP contribution in [-0.4, -0.2) is 23.9 Å². The van der Waals surface area contributed by atoms with Crippen molar-refractivity contribution in [2.75, 3.05) is 6.61 Å². The summed E-state index contributed by atoms with van der Waals surface area (Å²) in [6.07, 6.45) is -9.21. The van der Waals surface area contributed by atoms with Crippen molar-refractivity contribution in [2.45, 2.75) is 32.0 Å². The number of rotatable bonds is 6. The van der Waals surface area contributed by atoms with Gasteiger partial charge in [0.1, 0.15) is 5.75 Å². The van der Waals surface area contributed by atoms with Gasteiger partial charge in [0.15, 0.2) is 0 Å². The molecule has 124 valence electrons. The molecule has 0 unspecified atom stereocenters. The maximum atomic E-state index is 13.1. The van der Waals surface area contributed by atoms with E-state index < -0.39 is 42.2 Å². The molecule has 0 saturated carbocycles. The number of hydrogen-bond acceptors (Lipinski definition) is 4. The first kappa shape index (κ1) is 18.4. The fourth-order valence-corrected chi connectivity index (χ4v) is 1.77. The number of hydrogen-bond donors (Lipinski definition) is 0. The zero-order valence-corrected chi connectivity index (χ0v) is 12.0. The van der Waals surface area contributed by atoms with E-state index >= 15 is 0 Å². The molecule has 0 aliphatic heterocycles. The molecule has 1 heterocycles. The highest BCUT2D eigenvalue weighted by Gasteiger charge is 2.35. The standard InChI is InChI=1S/C12H11ClF5NO3/c1-2-21-9(20)4-7-10(11(14)15)8(22-12(16,17)18)3-6(5-13)19-7/h3,11H,2,4-5H2,1H3. The molecule has 1 aromatic rings. The van der Waals surface area contributed by atoms with Crippen LogP contribution in [0.3, 0.4) is 0 Å². The summed E-state index contributed by atoms with van der Waals surface area (Å²) in [5.41, 5.74) is -1.81. The van der Waals surface area contributed by atoms with E-state index in [1.807, 2.05) is 0 Å². The Labute approximate surface area is 127 Å². The van der Waals surface area contributed by atoms with Gasteiger partial charge in [-0.2, -0.15) is 0 Å². The third kappa shape index (κ3) is 5.28. The van der Waals surface area contributed by atoms with Crippen LogP contribution >= 0.6 is 11.6 Å². The predicted octanol–water partition coefficient (Wildman–Crippen LogP) is 3.76. The molecule has 0 aliphatic rings. The van der Waals surface area contributed by atoms with E-state index in [0.717, 1.165) is 0 Å². The fourth-order valence-electron chi connectivity index (χ4n) is 1.63. The van der Waals surface area contributed by atoms with Crippen molar-refractivity contribution in [1.82, 2.24) is 4.98 Å². The molecular formula is C12H11ClF5NO3. The molecule has 0 bridgehead atoms. The normalized spacial score (nSPS) is 11.6. The summed E-state index contributed by atoms with van der Waals surface area (Å²) in [5, 5.41) is 0. The summed E-state index contributed by atoms with van der Waals surface area (Å²) < 4.78 is 71.3. The van der Waals surface area contributed by atoms with Crippen molar-refractivity contribution in [3.63, 3.8) is 0 Å². The van der Waals surface area contributed by atoms with Crippen LogP contribution in [0.2, 0.25) is 0 Å². The van der Waals surface area contributed by atoms with Crippen molar-refractivity contribution in [3.8, 4) is 5.75 Å². The quantitative estimate of drug-likeness (QED) is 0.446. The lowest BCUT2D eigenvalue weighted by Crippen LogP contribution is -2.20. The first-order chi connectivity index (χ1) is 10.2. The highest BCUT2D eigenvalue weighted by Crippen LogP contribution is 2.36. The molecule has 0 aliphatic carbocycles. The van der Waals surface area contributed by atoms with Crippen LogP contribution in [0.4, 0.5) is 22.0 Å². The Bertz CT molecular complexity index is 536. The lowest BCUT2D eigenvalue weighted by Gasteiger charge is -2.16. The minimum atomic E-state index is -5.17. The summed E-state index contributed by atoms with van der Waals surface area (Å²) in [6, 6.07) is 0.663. The topological polar surface area (TPSA) is 48.4 Å². The molecule has 22 heavy (non-hydrogen) atoms. The Morgan fingerprint density at radius 3 is 2.50 bits per heavy atom. The van der Waals surface area contributed by atoms with E-state index in [1.165, 1.54) is 6.92 Å². The molecule has 0 N–H and O–H groups in total. The highest BCUT2D eigenvalue weighted by molar-refractivity contribution is 6.16. The highest BCUT2D eigenvalue weighted by atomic mass is 35.5. The molecule has 0 radical (unpaired) electrons. The van der Waals surface area contributed by atoms with Crippen LogP contribution in [0, 0.1) is 0 Å². The number of esters is 1. The summed E-state index contributed by atoms with van der Waals surface area (Å²) in [7, 11) is 0. The zero-order valence-electron chi connectivity index (χ0n) is 11.2. The second-order valence-electron chi connectivity index (χ2n) is 3.94. The number of aromatic nitrogens is 1. The molecule has 1 rings (SSSR count). The average molecular weight is 348 g/mol. The van der Waals surface area contributed by atoms with Crippen molar-refractivity contribution < 1.29 is 36.2 Å². The molecule has 0 amide bonds. The van der Waals surface area contributed by atoms with Crippen LogP contribution in [0.1, 0.15) is 30.3 Å². The summed E-state index contributed by atoms with van der Waals surface area (Å²) in [4.78, 5) is 15.0. The number of carbonyl (C=O) groups is 1. The Hall–Kier alpha value is -1.64. The summed E-state index contributed by atoms with van der Waals surface area (Å²) >= 11 is 5.47. The molecule has 0 aromatic carbocycles. The SMILES string of the molecule is CCOC(=O)Cc1nc(CCl)cc(OC(F)(F)F)c1C(F)F. The van der Waals surface area contributed by atoms with Gasteiger partial charge in [0.25, 0.3) is 6.43 Å². The summed E-state index contributed by atoms with van der Waals surface area (Å²) in [6.45, 7) is 1.48. The van der Waals surface area contributed by atoms with E-state index in [4.69, 9.17) is 11.6 Å². The van der Waals surface area contributed by atoms with Gasteiger partial charge in [-0.15, -0.1) is 24.8 Å². The molecule has 0 spiro atoms. The minimum Gasteiger partial charge on any atom is -0.466 e. The lowest BCUT2D eigenvalue weighted by atomic mass is 10.1. The third-order valence-electron chi connectivity index (χ3n) is 2.35. The minimum absolute atomic E-state index is 0.00997. The van der Waals surface area contributed by atoms with Crippen molar-refractivity contribution in [2.24, 2.45) is 0 Å². The van der Waals surface area contributed by atoms with Crippen LogP contribution in [0.5, 0.6) is 5.75 Å². The van der Waals surface area contributed by atoms with Gasteiger partial charge in [-0.05, 0) is 6.92 Å². The predicted molar refractivity (Wildman–Crippen MR) is 65.8 cm³/mol. The van der Waals surface area contributed by atoms with Crippen molar-refractivity contribution in [1.29, 1.82) is 0 Å². The molecule has 10 heteroatoms. The number of carbonyl (C=O) groups excluding carboxylic acids is 1. The van der Waals surface area contributed by atoms with Gasteiger partial charge < -0.3 is 9.47 Å². The maximum Gasteiger partial charge on any atom is 0.573 e. The Balaban J connectivity index is 3.33. The molecular weight excluding hydrogens is 337 g/mol. The molecule has 4 nitrogen and oxygen atoms in total. The smallest absolute Gasteiger partial charge is 0.466 e. The van der Waals surface area contributed by atoms with Gasteiger partial charge in [0, 0.05) is 6.07 Å². The number of pyridine rings is 1. The lowest BCUT2D eigenvalue weighted by molar-refractivity contribution is -0.275. The second kappa shape index (κ2) is 7.57. The fraction of sp³-hybridized carbons (Fsp3) is 0.500. The first-order valence-electron chi connectivity index (χ1n) is 5.96. The molecule has 0 fully saturated rings. The number of alkyl halides is 6. The maximum absolute atomic E-state index is 13.1. The van der Waals surface area contributed by atoms with Gasteiger partial charge in [-0.3, -0.25) is 9.78 Å². The van der Waals surface area contributed by atoms with Gasteiger partial charge in [0.05, 0.1) is 35.9 Å². The third-order valence-corrected chi connectivity index (χ3v) is 2.62. The van der Waals surface area contributed by atoms with Crippen molar-refractivity contribution in [3.05, 3.63) is 23.0 Å². The van der Waals surface area contributed by atoms with Crippen LogP contribution in [-0.2, 0) is 21.8 Å². The molecule has 0 saturated heterocycles. The molecule has 1 aromatic heterocycles. The number of ether oxygens (including phenoxy) is 2. The zero-order chi connectivity index (χ0) is 16.9. The van der Waals surface area contributed by atoms with E-state index in [2.05, 4.69) is 14.5 Å². The monoisotopic (exact) mass is 347 g/mol. The van der Waals surface area contributed by atoms with Gasteiger partial charge in [-0.25, -0.2) is 8.78 Å². The van der Waals surface area contributed by atoms with E-state index in [0.29, 0.717) is 6.07 Å². The van der Waals surface area contributed by atoms with Gasteiger partial charge in [0.2, 0.25) is 0 Å². The van der Waals surface area contributed by atoms with Crippen LogP contribution in [0.15, 0.2) is 6.07 Å². The van der Waals surface area contributed by atoms with Gasteiger partial charge in [-0.1, -0.05) is 0 Å². The van der Waals surface area contributed by atoms with E-state index in [1.54, 1.807) is 0 Å². The number of halogens is 6. The Kier molecular flexibility index (Phi) is 6.34.